The largest absolute Gasteiger partial charge is 0.467 e. The zero-order valence-electron chi connectivity index (χ0n) is 18.5. The molecule has 2 aliphatic heterocycles. The lowest BCUT2D eigenvalue weighted by molar-refractivity contribution is -0.145. The molecule has 3 rings (SSSR count). The highest BCUT2D eigenvalue weighted by atomic mass is 16.5. The van der Waals surface area contributed by atoms with E-state index >= 15 is 0 Å². The molecule has 2 aliphatic rings. The molecule has 166 valence electrons. The number of methoxy groups -OCH3 is 1. The highest BCUT2D eigenvalue weighted by Gasteiger charge is 2.31. The van der Waals surface area contributed by atoms with Gasteiger partial charge in [0.2, 0.25) is 5.91 Å². The van der Waals surface area contributed by atoms with Gasteiger partial charge < -0.3 is 19.9 Å². The molecular formula is C24H37N3O3. The SMILES string of the molecule is COC(=O)[C@@H](C)NC(=O)C1CCN(C2CCN(CCCc3ccccc3)CC2)CC1. The highest BCUT2D eigenvalue weighted by Crippen LogP contribution is 2.24. The second-order valence-corrected chi connectivity index (χ2v) is 8.73. The molecule has 0 spiro atoms. The molecule has 0 radical (unpaired) electrons. The minimum absolute atomic E-state index is 0.00596. The quantitative estimate of drug-likeness (QED) is 0.661. The average Bonchev–Trinajstić information content (AvgIpc) is 2.79. The third-order valence-electron chi connectivity index (χ3n) is 6.67. The number of likely N-dealkylation sites (tertiary alicyclic amines) is 2. The average molecular weight is 416 g/mol. The number of aryl methyl sites for hydroxylation is 1. The van der Waals surface area contributed by atoms with Gasteiger partial charge in [-0.15, -0.1) is 0 Å². The summed E-state index contributed by atoms with van der Waals surface area (Å²) in [6.07, 6.45) is 6.57. The fourth-order valence-corrected chi connectivity index (χ4v) is 4.75. The molecule has 1 aromatic rings. The monoisotopic (exact) mass is 415 g/mol. The van der Waals surface area contributed by atoms with Gasteiger partial charge in [0.1, 0.15) is 6.04 Å². The van der Waals surface area contributed by atoms with Gasteiger partial charge in [-0.1, -0.05) is 30.3 Å². The Labute approximate surface area is 180 Å². The summed E-state index contributed by atoms with van der Waals surface area (Å²) in [5, 5.41) is 2.79. The molecular weight excluding hydrogens is 378 g/mol. The van der Waals surface area contributed by atoms with Gasteiger partial charge in [-0.05, 0) is 83.7 Å². The summed E-state index contributed by atoms with van der Waals surface area (Å²) in [7, 11) is 1.35. The molecule has 1 aromatic carbocycles. The number of carbonyl (C=O) groups excluding carboxylic acids is 2. The number of carbonyl (C=O) groups is 2. The van der Waals surface area contributed by atoms with Gasteiger partial charge in [0.15, 0.2) is 0 Å². The van der Waals surface area contributed by atoms with E-state index in [1.807, 2.05) is 0 Å². The van der Waals surface area contributed by atoms with E-state index in [1.165, 1.54) is 51.6 Å². The van der Waals surface area contributed by atoms with Gasteiger partial charge in [0.25, 0.3) is 0 Å². The van der Waals surface area contributed by atoms with Crippen molar-refractivity contribution in [3.8, 4) is 0 Å². The van der Waals surface area contributed by atoms with Crippen molar-refractivity contribution in [2.24, 2.45) is 5.92 Å². The molecule has 1 atom stereocenters. The summed E-state index contributed by atoms with van der Waals surface area (Å²) in [6, 6.07) is 10.8. The molecule has 1 N–H and O–H groups in total. The van der Waals surface area contributed by atoms with Crippen LogP contribution in [0.3, 0.4) is 0 Å². The van der Waals surface area contributed by atoms with Crippen molar-refractivity contribution in [2.75, 3.05) is 39.8 Å². The Kier molecular flexibility index (Phi) is 8.70. The molecule has 0 bridgehead atoms. The van der Waals surface area contributed by atoms with E-state index in [-0.39, 0.29) is 11.8 Å². The Bertz CT molecular complexity index is 666. The van der Waals surface area contributed by atoms with E-state index in [9.17, 15) is 9.59 Å². The van der Waals surface area contributed by atoms with Gasteiger partial charge >= 0.3 is 5.97 Å². The zero-order valence-corrected chi connectivity index (χ0v) is 18.5. The molecule has 0 unspecified atom stereocenters. The van der Waals surface area contributed by atoms with Gasteiger partial charge in [-0.3, -0.25) is 4.79 Å². The number of amides is 1. The number of nitrogens with one attached hydrogen (secondary N) is 1. The first-order valence-electron chi connectivity index (χ1n) is 11.5. The van der Waals surface area contributed by atoms with Crippen LogP contribution in [-0.2, 0) is 20.7 Å². The zero-order chi connectivity index (χ0) is 21.3. The summed E-state index contributed by atoms with van der Waals surface area (Å²) in [5.41, 5.74) is 1.43. The summed E-state index contributed by atoms with van der Waals surface area (Å²) in [6.45, 7) is 7.16. The number of esters is 1. The maximum Gasteiger partial charge on any atom is 0.328 e. The van der Waals surface area contributed by atoms with Crippen molar-refractivity contribution >= 4 is 11.9 Å². The minimum atomic E-state index is -0.577. The number of piperidine rings is 2. The van der Waals surface area contributed by atoms with Crippen LogP contribution in [0.5, 0.6) is 0 Å². The number of hydrogen-bond acceptors (Lipinski definition) is 5. The summed E-state index contributed by atoms with van der Waals surface area (Å²) < 4.78 is 4.69. The third kappa shape index (κ3) is 6.54. The number of hydrogen-bond donors (Lipinski definition) is 1. The smallest absolute Gasteiger partial charge is 0.328 e. The van der Waals surface area contributed by atoms with E-state index in [0.717, 1.165) is 32.4 Å². The number of rotatable bonds is 8. The van der Waals surface area contributed by atoms with Gasteiger partial charge in [0.05, 0.1) is 7.11 Å². The molecule has 6 heteroatoms. The van der Waals surface area contributed by atoms with Crippen LogP contribution in [0.15, 0.2) is 30.3 Å². The lowest BCUT2D eigenvalue weighted by Gasteiger charge is -2.41. The van der Waals surface area contributed by atoms with Gasteiger partial charge in [-0.25, -0.2) is 4.79 Å². The predicted octanol–water partition coefficient (Wildman–Crippen LogP) is 2.47. The van der Waals surface area contributed by atoms with Crippen LogP contribution in [0.25, 0.3) is 0 Å². The van der Waals surface area contributed by atoms with Crippen LogP contribution in [0.1, 0.15) is 44.6 Å². The Balaban J connectivity index is 1.32. The fourth-order valence-electron chi connectivity index (χ4n) is 4.75. The fraction of sp³-hybridized carbons (Fsp3) is 0.667. The van der Waals surface area contributed by atoms with Gasteiger partial charge in [-0.2, -0.15) is 0 Å². The van der Waals surface area contributed by atoms with E-state index < -0.39 is 12.0 Å². The number of nitrogens with zero attached hydrogens (tertiary/aromatic N) is 2. The summed E-state index contributed by atoms with van der Waals surface area (Å²) in [4.78, 5) is 29.1. The maximum absolute atomic E-state index is 12.4. The van der Waals surface area contributed by atoms with Gasteiger partial charge in [0, 0.05) is 12.0 Å². The molecule has 2 saturated heterocycles. The highest BCUT2D eigenvalue weighted by molar-refractivity contribution is 5.85. The van der Waals surface area contributed by atoms with Crippen molar-refractivity contribution in [1.82, 2.24) is 15.1 Å². The second-order valence-electron chi connectivity index (χ2n) is 8.73. The van der Waals surface area contributed by atoms with Crippen molar-refractivity contribution < 1.29 is 14.3 Å². The lowest BCUT2D eigenvalue weighted by atomic mass is 9.92. The van der Waals surface area contributed by atoms with Crippen LogP contribution in [-0.4, -0.2) is 73.6 Å². The Morgan fingerprint density at radius 3 is 2.37 bits per heavy atom. The van der Waals surface area contributed by atoms with E-state index in [2.05, 4.69) is 50.2 Å². The van der Waals surface area contributed by atoms with Crippen LogP contribution < -0.4 is 5.32 Å². The molecule has 6 nitrogen and oxygen atoms in total. The van der Waals surface area contributed by atoms with E-state index in [1.54, 1.807) is 6.92 Å². The molecule has 30 heavy (non-hydrogen) atoms. The van der Waals surface area contributed by atoms with Crippen molar-refractivity contribution in [3.05, 3.63) is 35.9 Å². The molecule has 0 aliphatic carbocycles. The van der Waals surface area contributed by atoms with E-state index in [0.29, 0.717) is 6.04 Å². The van der Waals surface area contributed by atoms with Crippen LogP contribution in [0, 0.1) is 5.92 Å². The molecule has 1 amide bonds. The Hall–Kier alpha value is -1.92. The maximum atomic E-state index is 12.4. The standard InChI is InChI=1S/C24H37N3O3/c1-19(24(29)30-2)25-23(28)21-10-17-27(18-11-21)22-12-15-26(16-13-22)14-6-9-20-7-4-3-5-8-20/h3-5,7-8,19,21-22H,6,9-18H2,1-2H3,(H,25,28)/t19-/m1/s1. The van der Waals surface area contributed by atoms with Crippen molar-refractivity contribution in [1.29, 1.82) is 0 Å². The Morgan fingerprint density at radius 1 is 1.07 bits per heavy atom. The van der Waals surface area contributed by atoms with Crippen LogP contribution >= 0.6 is 0 Å². The topological polar surface area (TPSA) is 61.9 Å². The molecule has 2 heterocycles. The van der Waals surface area contributed by atoms with Crippen molar-refractivity contribution in [2.45, 2.75) is 57.5 Å². The first kappa shape index (κ1) is 22.8. The molecule has 0 saturated carbocycles. The number of ether oxygens (including phenoxy) is 1. The first-order chi connectivity index (χ1) is 14.6. The minimum Gasteiger partial charge on any atom is -0.467 e. The third-order valence-corrected chi connectivity index (χ3v) is 6.67. The summed E-state index contributed by atoms with van der Waals surface area (Å²) in [5.74, 6) is -0.400. The second kappa shape index (κ2) is 11.5. The van der Waals surface area contributed by atoms with Crippen LogP contribution in [0.4, 0.5) is 0 Å². The predicted molar refractivity (Wildman–Crippen MR) is 118 cm³/mol. The lowest BCUT2D eigenvalue weighted by Crippen LogP contribution is -2.50. The number of benzene rings is 1. The molecule has 0 aromatic heterocycles. The normalized spacial score (nSPS) is 20.6. The van der Waals surface area contributed by atoms with E-state index in [4.69, 9.17) is 0 Å². The summed E-state index contributed by atoms with van der Waals surface area (Å²) >= 11 is 0. The van der Waals surface area contributed by atoms with Crippen LogP contribution in [0.2, 0.25) is 0 Å². The van der Waals surface area contributed by atoms with Crippen molar-refractivity contribution in [3.63, 3.8) is 0 Å². The molecule has 2 fully saturated rings. The Morgan fingerprint density at radius 2 is 1.73 bits per heavy atom. The first-order valence-corrected chi connectivity index (χ1v) is 11.5.